The molecule has 0 aromatic heterocycles. The first-order chi connectivity index (χ1) is 15.1. The molecule has 1 atom stereocenters. The molecule has 2 aromatic rings. The molecule has 1 aliphatic heterocycles. The van der Waals surface area contributed by atoms with E-state index in [1.165, 1.54) is 4.90 Å². The van der Waals surface area contributed by atoms with Gasteiger partial charge in [0.15, 0.2) is 0 Å². The summed E-state index contributed by atoms with van der Waals surface area (Å²) in [4.78, 5) is 38.9. The van der Waals surface area contributed by atoms with E-state index in [0.29, 0.717) is 37.6 Å². The molecule has 0 radical (unpaired) electrons. The van der Waals surface area contributed by atoms with E-state index in [1.807, 2.05) is 37.3 Å². The van der Waals surface area contributed by atoms with Gasteiger partial charge in [-0.2, -0.15) is 0 Å². The number of hydrogen-bond acceptors (Lipinski definition) is 5. The summed E-state index contributed by atoms with van der Waals surface area (Å²) in [6.07, 6.45) is 1.52. The molecule has 164 valence electrons. The van der Waals surface area contributed by atoms with Crippen LogP contribution in [0.4, 0.5) is 0 Å². The van der Waals surface area contributed by atoms with E-state index in [2.05, 4.69) is 5.32 Å². The smallest absolute Gasteiger partial charge is 0.308 e. The van der Waals surface area contributed by atoms with Crippen LogP contribution in [0, 0.1) is 0 Å². The lowest BCUT2D eigenvalue weighted by Crippen LogP contribution is -2.57. The van der Waals surface area contributed by atoms with Gasteiger partial charge in [0.05, 0.1) is 13.0 Å². The van der Waals surface area contributed by atoms with Crippen LogP contribution < -0.4 is 10.1 Å². The minimum absolute atomic E-state index is 0.153. The monoisotopic (exact) mass is 424 g/mol. The SMILES string of the molecule is CCCCOC(=O)CC1C(=O)NCCN1C(=O)c1ccc(OCc2ccccc2)cc1. The van der Waals surface area contributed by atoms with Crippen molar-refractivity contribution in [3.8, 4) is 5.75 Å². The normalized spacial score (nSPS) is 15.8. The van der Waals surface area contributed by atoms with Crippen molar-refractivity contribution in [3.05, 3.63) is 65.7 Å². The minimum Gasteiger partial charge on any atom is -0.489 e. The number of amides is 2. The van der Waals surface area contributed by atoms with Crippen LogP contribution in [0.1, 0.15) is 42.1 Å². The van der Waals surface area contributed by atoms with Crippen LogP contribution in [-0.2, 0) is 20.9 Å². The van der Waals surface area contributed by atoms with Crippen LogP contribution in [0.2, 0.25) is 0 Å². The van der Waals surface area contributed by atoms with Gasteiger partial charge in [0, 0.05) is 18.7 Å². The lowest BCUT2D eigenvalue weighted by atomic mass is 10.1. The fraction of sp³-hybridized carbons (Fsp3) is 0.375. The summed E-state index contributed by atoms with van der Waals surface area (Å²) < 4.78 is 10.9. The molecule has 0 saturated carbocycles. The van der Waals surface area contributed by atoms with E-state index in [9.17, 15) is 14.4 Å². The summed E-state index contributed by atoms with van der Waals surface area (Å²) in [5.74, 6) is -0.462. The van der Waals surface area contributed by atoms with Crippen LogP contribution in [0.5, 0.6) is 5.75 Å². The topological polar surface area (TPSA) is 84.9 Å². The second-order valence-electron chi connectivity index (χ2n) is 7.38. The quantitative estimate of drug-likeness (QED) is 0.494. The van der Waals surface area contributed by atoms with Crippen molar-refractivity contribution in [2.75, 3.05) is 19.7 Å². The number of nitrogens with one attached hydrogen (secondary N) is 1. The predicted octanol–water partition coefficient (Wildman–Crippen LogP) is 2.94. The maximum absolute atomic E-state index is 13.0. The van der Waals surface area contributed by atoms with E-state index in [4.69, 9.17) is 9.47 Å². The second-order valence-corrected chi connectivity index (χ2v) is 7.38. The van der Waals surface area contributed by atoms with Crippen molar-refractivity contribution in [1.82, 2.24) is 10.2 Å². The fourth-order valence-corrected chi connectivity index (χ4v) is 3.31. The maximum Gasteiger partial charge on any atom is 0.308 e. The Kier molecular flexibility index (Phi) is 8.04. The van der Waals surface area contributed by atoms with E-state index >= 15 is 0 Å². The third-order valence-electron chi connectivity index (χ3n) is 5.06. The molecule has 0 bridgehead atoms. The predicted molar refractivity (Wildman–Crippen MR) is 116 cm³/mol. The van der Waals surface area contributed by atoms with Gasteiger partial charge in [0.2, 0.25) is 5.91 Å². The van der Waals surface area contributed by atoms with Crippen molar-refractivity contribution in [2.45, 2.75) is 38.8 Å². The van der Waals surface area contributed by atoms with Gasteiger partial charge < -0.3 is 19.7 Å². The third kappa shape index (κ3) is 6.31. The Labute approximate surface area is 182 Å². The number of nitrogens with zero attached hydrogens (tertiary/aromatic N) is 1. The zero-order valence-electron chi connectivity index (χ0n) is 17.7. The molecule has 1 saturated heterocycles. The Morgan fingerprint density at radius 3 is 2.55 bits per heavy atom. The van der Waals surface area contributed by atoms with Crippen LogP contribution in [-0.4, -0.2) is 48.4 Å². The molecule has 7 heteroatoms. The van der Waals surface area contributed by atoms with E-state index in [0.717, 1.165) is 18.4 Å². The zero-order chi connectivity index (χ0) is 22.1. The summed E-state index contributed by atoms with van der Waals surface area (Å²) >= 11 is 0. The molecular weight excluding hydrogens is 396 g/mol. The number of carbonyl (C=O) groups excluding carboxylic acids is 3. The molecule has 1 N–H and O–H groups in total. The van der Waals surface area contributed by atoms with Crippen LogP contribution in [0.3, 0.4) is 0 Å². The van der Waals surface area contributed by atoms with E-state index in [1.54, 1.807) is 24.3 Å². The Morgan fingerprint density at radius 2 is 1.84 bits per heavy atom. The van der Waals surface area contributed by atoms with Gasteiger partial charge in [0.25, 0.3) is 5.91 Å². The molecule has 0 aliphatic carbocycles. The van der Waals surface area contributed by atoms with Gasteiger partial charge in [0.1, 0.15) is 18.4 Å². The third-order valence-corrected chi connectivity index (χ3v) is 5.06. The first-order valence-corrected chi connectivity index (χ1v) is 10.6. The van der Waals surface area contributed by atoms with Gasteiger partial charge in [-0.05, 0) is 36.2 Å². The molecule has 31 heavy (non-hydrogen) atoms. The summed E-state index contributed by atoms with van der Waals surface area (Å²) in [6.45, 7) is 3.44. The zero-order valence-corrected chi connectivity index (χ0v) is 17.7. The fourth-order valence-electron chi connectivity index (χ4n) is 3.31. The molecule has 1 aliphatic rings. The van der Waals surface area contributed by atoms with Gasteiger partial charge in [-0.1, -0.05) is 43.7 Å². The average molecular weight is 424 g/mol. The van der Waals surface area contributed by atoms with Crippen molar-refractivity contribution < 1.29 is 23.9 Å². The van der Waals surface area contributed by atoms with Gasteiger partial charge in [-0.3, -0.25) is 14.4 Å². The molecule has 2 aromatic carbocycles. The minimum atomic E-state index is -0.871. The van der Waals surface area contributed by atoms with Crippen molar-refractivity contribution >= 4 is 17.8 Å². The Hall–Kier alpha value is -3.35. The van der Waals surface area contributed by atoms with Crippen LogP contribution in [0.15, 0.2) is 54.6 Å². The number of esters is 1. The van der Waals surface area contributed by atoms with E-state index < -0.39 is 12.0 Å². The molecular formula is C24H28N2O5. The maximum atomic E-state index is 13.0. The summed E-state index contributed by atoms with van der Waals surface area (Å²) in [5.41, 5.74) is 1.49. The number of benzene rings is 2. The summed E-state index contributed by atoms with van der Waals surface area (Å²) in [5, 5.41) is 2.72. The molecule has 3 rings (SSSR count). The van der Waals surface area contributed by atoms with Gasteiger partial charge in [-0.15, -0.1) is 0 Å². The summed E-state index contributed by atoms with van der Waals surface area (Å²) in [7, 11) is 0. The molecule has 0 spiro atoms. The molecule has 1 heterocycles. The number of rotatable bonds is 9. The highest BCUT2D eigenvalue weighted by molar-refractivity contribution is 5.99. The molecule has 7 nitrogen and oxygen atoms in total. The number of piperazine rings is 1. The van der Waals surface area contributed by atoms with Crippen molar-refractivity contribution in [1.29, 1.82) is 0 Å². The van der Waals surface area contributed by atoms with Crippen molar-refractivity contribution in [3.63, 3.8) is 0 Å². The lowest BCUT2D eigenvalue weighted by molar-refractivity contribution is -0.147. The second kappa shape index (κ2) is 11.2. The highest BCUT2D eigenvalue weighted by Gasteiger charge is 2.35. The standard InChI is InChI=1S/C24H28N2O5/c1-2-3-15-30-22(27)16-21-23(28)25-13-14-26(21)24(29)19-9-11-20(12-10-19)31-17-18-7-5-4-6-8-18/h4-12,21H,2-3,13-17H2,1H3,(H,25,28). The van der Waals surface area contributed by atoms with Crippen LogP contribution in [0.25, 0.3) is 0 Å². The first-order valence-electron chi connectivity index (χ1n) is 10.6. The Balaban J connectivity index is 1.62. The van der Waals surface area contributed by atoms with Gasteiger partial charge in [-0.25, -0.2) is 0 Å². The Bertz CT molecular complexity index is 883. The number of unbranched alkanes of at least 4 members (excludes halogenated alkanes) is 1. The largest absolute Gasteiger partial charge is 0.489 e. The number of hydrogen-bond donors (Lipinski definition) is 1. The van der Waals surface area contributed by atoms with E-state index in [-0.39, 0.29) is 18.2 Å². The molecule has 1 fully saturated rings. The number of carbonyl (C=O) groups is 3. The highest BCUT2D eigenvalue weighted by atomic mass is 16.5. The molecule has 2 amide bonds. The Morgan fingerprint density at radius 1 is 1.10 bits per heavy atom. The molecule has 1 unspecified atom stereocenters. The first kappa shape index (κ1) is 22.3. The lowest BCUT2D eigenvalue weighted by Gasteiger charge is -2.34. The average Bonchev–Trinajstić information content (AvgIpc) is 2.80. The highest BCUT2D eigenvalue weighted by Crippen LogP contribution is 2.18. The van der Waals surface area contributed by atoms with Crippen molar-refractivity contribution in [2.24, 2.45) is 0 Å². The van der Waals surface area contributed by atoms with Crippen LogP contribution >= 0.6 is 0 Å². The number of ether oxygens (including phenoxy) is 2. The summed E-state index contributed by atoms with van der Waals surface area (Å²) in [6, 6.07) is 15.7. The van der Waals surface area contributed by atoms with Gasteiger partial charge >= 0.3 is 5.97 Å².